The van der Waals surface area contributed by atoms with Gasteiger partial charge in [-0.25, -0.2) is 8.42 Å². The number of halogens is 4. The van der Waals surface area contributed by atoms with E-state index in [1.54, 1.807) is 37.3 Å². The molecule has 0 aromatic heterocycles. The second-order valence-electron chi connectivity index (χ2n) is 9.27. The van der Waals surface area contributed by atoms with Crippen LogP contribution in [-0.2, 0) is 26.2 Å². The van der Waals surface area contributed by atoms with E-state index >= 15 is 0 Å². The molecule has 3 rings (SSSR count). The van der Waals surface area contributed by atoms with Gasteiger partial charge in [0.1, 0.15) is 12.6 Å². The minimum atomic E-state index is -4.26. The molecule has 7 nitrogen and oxygen atoms in total. The number of benzene rings is 3. The van der Waals surface area contributed by atoms with Crippen LogP contribution in [0.2, 0.25) is 20.1 Å². The fraction of sp³-hybridized carbons (Fsp3) is 0.286. The van der Waals surface area contributed by atoms with Crippen LogP contribution in [0.3, 0.4) is 0 Å². The summed E-state index contributed by atoms with van der Waals surface area (Å²) in [5.41, 5.74) is 0.602. The van der Waals surface area contributed by atoms with Crippen molar-refractivity contribution in [3.8, 4) is 0 Å². The first kappa shape index (κ1) is 32.0. The highest BCUT2D eigenvalue weighted by Gasteiger charge is 2.34. The number of amides is 2. The Labute approximate surface area is 255 Å². The van der Waals surface area contributed by atoms with Crippen LogP contribution in [0.4, 0.5) is 5.69 Å². The maximum absolute atomic E-state index is 14.1. The van der Waals surface area contributed by atoms with Gasteiger partial charge in [0.15, 0.2) is 0 Å². The summed E-state index contributed by atoms with van der Waals surface area (Å²) in [6, 6.07) is 15.7. The smallest absolute Gasteiger partial charge is 0.264 e. The number of carbonyl (C=O) groups excluding carboxylic acids is 2. The second kappa shape index (κ2) is 13.9. The third kappa shape index (κ3) is 7.83. The molecule has 0 radical (unpaired) electrons. The molecule has 40 heavy (non-hydrogen) atoms. The van der Waals surface area contributed by atoms with Crippen LogP contribution in [0.15, 0.2) is 71.6 Å². The Hall–Kier alpha value is -2.49. The molecule has 1 N–H and O–H groups in total. The summed E-state index contributed by atoms with van der Waals surface area (Å²) in [5.74, 6) is -1.01. The van der Waals surface area contributed by atoms with Crippen LogP contribution in [0.1, 0.15) is 32.8 Å². The number of anilines is 1. The highest BCUT2D eigenvalue weighted by molar-refractivity contribution is 7.92. The normalized spacial score (nSPS) is 12.2. The molecule has 1 unspecified atom stereocenters. The molecule has 0 heterocycles. The maximum atomic E-state index is 14.1. The zero-order chi connectivity index (χ0) is 29.6. The molecule has 3 aromatic carbocycles. The van der Waals surface area contributed by atoms with Gasteiger partial charge in [0.25, 0.3) is 10.0 Å². The summed E-state index contributed by atoms with van der Waals surface area (Å²) in [5, 5.41) is 3.89. The highest BCUT2D eigenvalue weighted by Crippen LogP contribution is 2.33. The molecule has 0 fully saturated rings. The van der Waals surface area contributed by atoms with E-state index in [0.29, 0.717) is 20.6 Å². The Bertz CT molecular complexity index is 1470. The first-order valence-corrected chi connectivity index (χ1v) is 15.4. The van der Waals surface area contributed by atoms with Crippen molar-refractivity contribution in [2.24, 2.45) is 0 Å². The van der Waals surface area contributed by atoms with E-state index in [2.05, 4.69) is 5.32 Å². The van der Waals surface area contributed by atoms with Gasteiger partial charge in [0.2, 0.25) is 11.8 Å². The summed E-state index contributed by atoms with van der Waals surface area (Å²) < 4.78 is 28.6. The van der Waals surface area contributed by atoms with Crippen LogP contribution < -0.4 is 9.62 Å². The predicted octanol–water partition coefficient (Wildman–Crippen LogP) is 6.83. The van der Waals surface area contributed by atoms with Crippen molar-refractivity contribution in [1.29, 1.82) is 0 Å². The van der Waals surface area contributed by atoms with Crippen molar-refractivity contribution in [2.45, 2.75) is 50.7 Å². The Balaban J connectivity index is 2.11. The molecule has 3 aromatic rings. The van der Waals surface area contributed by atoms with Crippen molar-refractivity contribution in [1.82, 2.24) is 10.2 Å². The standard InChI is InChI=1S/C28H29Cl4N3O4S/c1-4-25(28(37)33-18(2)3)34(16-19-10-11-20(29)14-23(19)31)27(36)17-35(26-13-12-21(30)15-24(26)32)40(38,39)22-8-6-5-7-9-22/h5-15,18,25H,4,16-17H2,1-3H3,(H,33,37). The first-order valence-electron chi connectivity index (χ1n) is 12.4. The van der Waals surface area contributed by atoms with Crippen LogP contribution in [0, 0.1) is 0 Å². The quantitative estimate of drug-likeness (QED) is 0.248. The molecule has 0 aliphatic heterocycles. The van der Waals surface area contributed by atoms with Gasteiger partial charge < -0.3 is 10.2 Å². The average Bonchev–Trinajstić information content (AvgIpc) is 2.88. The number of hydrogen-bond acceptors (Lipinski definition) is 4. The van der Waals surface area contributed by atoms with E-state index in [1.165, 1.54) is 41.3 Å². The van der Waals surface area contributed by atoms with Gasteiger partial charge in [-0.2, -0.15) is 0 Å². The van der Waals surface area contributed by atoms with E-state index in [1.807, 2.05) is 13.8 Å². The van der Waals surface area contributed by atoms with Crippen molar-refractivity contribution in [3.63, 3.8) is 0 Å². The fourth-order valence-electron chi connectivity index (χ4n) is 4.05. The molecule has 0 spiro atoms. The van der Waals surface area contributed by atoms with Gasteiger partial charge in [0, 0.05) is 27.7 Å². The number of hydrogen-bond donors (Lipinski definition) is 1. The van der Waals surface area contributed by atoms with Crippen LogP contribution in [0.25, 0.3) is 0 Å². The summed E-state index contributed by atoms with van der Waals surface area (Å²) in [6.45, 7) is 4.68. The zero-order valence-electron chi connectivity index (χ0n) is 22.1. The van der Waals surface area contributed by atoms with Gasteiger partial charge in [-0.15, -0.1) is 0 Å². The van der Waals surface area contributed by atoms with E-state index < -0.39 is 28.5 Å². The van der Waals surface area contributed by atoms with Crippen LogP contribution in [0.5, 0.6) is 0 Å². The molecule has 214 valence electrons. The molecule has 0 bridgehead atoms. The lowest BCUT2D eigenvalue weighted by Crippen LogP contribution is -2.53. The first-order chi connectivity index (χ1) is 18.8. The zero-order valence-corrected chi connectivity index (χ0v) is 25.9. The fourth-order valence-corrected chi connectivity index (χ4v) is 6.53. The minimum Gasteiger partial charge on any atom is -0.352 e. The monoisotopic (exact) mass is 643 g/mol. The molecule has 1 atom stereocenters. The Morgan fingerprint density at radius 3 is 2.02 bits per heavy atom. The largest absolute Gasteiger partial charge is 0.352 e. The van der Waals surface area contributed by atoms with E-state index in [0.717, 1.165) is 4.31 Å². The van der Waals surface area contributed by atoms with E-state index in [9.17, 15) is 18.0 Å². The summed E-state index contributed by atoms with van der Waals surface area (Å²) in [7, 11) is -4.26. The summed E-state index contributed by atoms with van der Waals surface area (Å²) >= 11 is 25.0. The third-order valence-electron chi connectivity index (χ3n) is 5.96. The number of sulfonamides is 1. The lowest BCUT2D eigenvalue weighted by Gasteiger charge is -2.34. The molecule has 0 aliphatic carbocycles. The number of nitrogens with one attached hydrogen (secondary N) is 1. The van der Waals surface area contributed by atoms with Gasteiger partial charge in [-0.1, -0.05) is 77.6 Å². The van der Waals surface area contributed by atoms with Gasteiger partial charge in [-0.3, -0.25) is 13.9 Å². The Kier molecular flexibility index (Phi) is 11.1. The third-order valence-corrected chi connectivity index (χ3v) is 8.86. The summed E-state index contributed by atoms with van der Waals surface area (Å²) in [4.78, 5) is 28.5. The maximum Gasteiger partial charge on any atom is 0.264 e. The predicted molar refractivity (Wildman–Crippen MR) is 162 cm³/mol. The van der Waals surface area contributed by atoms with Crippen LogP contribution >= 0.6 is 46.4 Å². The Morgan fingerprint density at radius 2 is 1.48 bits per heavy atom. The van der Waals surface area contributed by atoms with E-state index in [-0.39, 0.29) is 40.5 Å². The molecular weight excluding hydrogens is 616 g/mol. The molecule has 0 saturated carbocycles. The van der Waals surface area contributed by atoms with Gasteiger partial charge in [-0.05, 0) is 68.3 Å². The number of nitrogens with zero attached hydrogens (tertiary/aromatic N) is 2. The molecular formula is C28H29Cl4N3O4S. The topological polar surface area (TPSA) is 86.8 Å². The van der Waals surface area contributed by atoms with Crippen molar-refractivity contribution >= 4 is 73.9 Å². The average molecular weight is 645 g/mol. The molecule has 0 saturated heterocycles. The minimum absolute atomic E-state index is 0.0364. The van der Waals surface area contributed by atoms with Gasteiger partial charge >= 0.3 is 0 Å². The van der Waals surface area contributed by atoms with Crippen LogP contribution in [-0.4, -0.2) is 43.8 Å². The number of carbonyl (C=O) groups is 2. The van der Waals surface area contributed by atoms with Gasteiger partial charge in [0.05, 0.1) is 15.6 Å². The highest BCUT2D eigenvalue weighted by atomic mass is 35.5. The number of rotatable bonds is 11. The molecule has 12 heteroatoms. The van der Waals surface area contributed by atoms with Crippen molar-refractivity contribution in [3.05, 3.63) is 92.4 Å². The van der Waals surface area contributed by atoms with Crippen molar-refractivity contribution in [2.75, 3.05) is 10.8 Å². The Morgan fingerprint density at radius 1 is 0.875 bits per heavy atom. The lowest BCUT2D eigenvalue weighted by atomic mass is 10.1. The summed E-state index contributed by atoms with van der Waals surface area (Å²) in [6.07, 6.45) is 0.267. The molecule has 2 amide bonds. The second-order valence-corrected chi connectivity index (χ2v) is 12.8. The van der Waals surface area contributed by atoms with E-state index in [4.69, 9.17) is 46.4 Å². The van der Waals surface area contributed by atoms with Crippen molar-refractivity contribution < 1.29 is 18.0 Å². The molecule has 0 aliphatic rings. The SMILES string of the molecule is CCC(C(=O)NC(C)C)N(Cc1ccc(Cl)cc1Cl)C(=O)CN(c1ccc(Cl)cc1Cl)S(=O)(=O)c1ccccc1. The lowest BCUT2D eigenvalue weighted by molar-refractivity contribution is -0.140.